The van der Waals surface area contributed by atoms with Crippen molar-refractivity contribution in [3.05, 3.63) is 59.7 Å². The van der Waals surface area contributed by atoms with Crippen LogP contribution in [-0.2, 0) is 0 Å². The molecule has 2 aromatic carbocycles. The van der Waals surface area contributed by atoms with Gasteiger partial charge in [0, 0.05) is 5.56 Å². The number of aromatic hydroxyl groups is 1. The smallest absolute Gasteiger partial charge is 0.185 e. The Bertz CT molecular complexity index is 773. The van der Waals surface area contributed by atoms with E-state index < -0.39 is 0 Å². The molecule has 0 amide bonds. The highest BCUT2D eigenvalue weighted by molar-refractivity contribution is 6.06. The molecule has 5 nitrogen and oxygen atoms in total. The maximum atomic E-state index is 12.2. The second kappa shape index (κ2) is 8.39. The number of nitrogens with zero attached hydrogens (tertiary/aromatic N) is 1. The molecule has 2 aromatic rings. The van der Waals surface area contributed by atoms with Crippen LogP contribution in [-0.4, -0.2) is 24.1 Å². The minimum Gasteiger partial charge on any atom is -0.504 e. The summed E-state index contributed by atoms with van der Waals surface area (Å²) < 4.78 is 10.4. The fourth-order valence-corrected chi connectivity index (χ4v) is 2.00. The average molecular weight is 323 g/mol. The summed E-state index contributed by atoms with van der Waals surface area (Å²) in [7, 11) is 0. The molecule has 1 N–H and O–H groups in total. The third-order valence-corrected chi connectivity index (χ3v) is 3.15. The summed E-state index contributed by atoms with van der Waals surface area (Å²) in [6.07, 6.45) is 3.11. The van der Waals surface area contributed by atoms with E-state index in [0.29, 0.717) is 23.7 Å². The van der Waals surface area contributed by atoms with Crippen LogP contribution in [0.25, 0.3) is 6.08 Å². The Morgan fingerprint density at radius 2 is 1.96 bits per heavy atom. The number of benzene rings is 2. The van der Waals surface area contributed by atoms with Gasteiger partial charge in [-0.05, 0) is 55.0 Å². The number of carbonyl (C=O) groups excluding carboxylic acids is 1. The zero-order valence-corrected chi connectivity index (χ0v) is 13.2. The monoisotopic (exact) mass is 323 g/mol. The number of hydrogen-bond acceptors (Lipinski definition) is 5. The number of nitriles is 1. The summed E-state index contributed by atoms with van der Waals surface area (Å²) >= 11 is 0. The van der Waals surface area contributed by atoms with Crippen LogP contribution in [0.5, 0.6) is 17.2 Å². The largest absolute Gasteiger partial charge is 0.504 e. The van der Waals surface area contributed by atoms with Crippen molar-refractivity contribution >= 4 is 11.9 Å². The van der Waals surface area contributed by atoms with E-state index in [9.17, 15) is 9.90 Å². The van der Waals surface area contributed by atoms with E-state index in [1.807, 2.05) is 13.0 Å². The first kappa shape index (κ1) is 17.1. The van der Waals surface area contributed by atoms with Crippen LogP contribution in [0.3, 0.4) is 0 Å². The predicted molar refractivity (Wildman–Crippen MR) is 90.2 cm³/mol. The first-order valence-corrected chi connectivity index (χ1v) is 7.42. The molecule has 0 saturated carbocycles. The van der Waals surface area contributed by atoms with Gasteiger partial charge in [0.15, 0.2) is 23.9 Å². The second-order valence-electron chi connectivity index (χ2n) is 4.83. The number of ether oxygens (including phenoxy) is 2. The van der Waals surface area contributed by atoms with Gasteiger partial charge in [-0.15, -0.1) is 0 Å². The molecule has 0 aliphatic rings. The lowest BCUT2D eigenvalue weighted by Gasteiger charge is -2.06. The summed E-state index contributed by atoms with van der Waals surface area (Å²) in [6.45, 7) is 2.24. The minimum absolute atomic E-state index is 0.0315. The molecule has 0 heterocycles. The van der Waals surface area contributed by atoms with Crippen LogP contribution >= 0.6 is 0 Å². The maximum absolute atomic E-state index is 12.2. The highest BCUT2D eigenvalue weighted by Crippen LogP contribution is 2.27. The van der Waals surface area contributed by atoms with Crippen LogP contribution in [0, 0.1) is 11.3 Å². The zero-order chi connectivity index (χ0) is 17.4. The number of phenols is 1. The van der Waals surface area contributed by atoms with Gasteiger partial charge >= 0.3 is 0 Å². The van der Waals surface area contributed by atoms with Gasteiger partial charge in [-0.2, -0.15) is 5.26 Å². The lowest BCUT2D eigenvalue weighted by molar-refractivity contribution is 0.104. The Hall–Kier alpha value is -3.26. The number of ketones is 1. The number of rotatable bonds is 7. The van der Waals surface area contributed by atoms with E-state index in [2.05, 4.69) is 0 Å². The van der Waals surface area contributed by atoms with Crippen LogP contribution in [0.15, 0.2) is 48.5 Å². The lowest BCUT2D eigenvalue weighted by Crippen LogP contribution is -1.96. The predicted octanol–water partition coefficient (Wildman–Crippen LogP) is 3.59. The van der Waals surface area contributed by atoms with Crippen LogP contribution in [0.1, 0.15) is 22.8 Å². The van der Waals surface area contributed by atoms with Gasteiger partial charge in [0.1, 0.15) is 11.8 Å². The summed E-state index contributed by atoms with van der Waals surface area (Å²) in [5.41, 5.74) is 1.26. The van der Waals surface area contributed by atoms with Crippen molar-refractivity contribution in [3.63, 3.8) is 0 Å². The van der Waals surface area contributed by atoms with Crippen LogP contribution < -0.4 is 9.47 Å². The Kier molecular flexibility index (Phi) is 5.98. The molecular weight excluding hydrogens is 306 g/mol. The first-order valence-electron chi connectivity index (χ1n) is 7.42. The highest BCUT2D eigenvalue weighted by Gasteiger charge is 2.04. The summed E-state index contributed by atoms with van der Waals surface area (Å²) in [5.74, 6) is 0.823. The second-order valence-corrected chi connectivity index (χ2v) is 4.83. The van der Waals surface area contributed by atoms with Crippen molar-refractivity contribution in [2.45, 2.75) is 6.92 Å². The quantitative estimate of drug-likeness (QED) is 0.622. The summed E-state index contributed by atoms with van der Waals surface area (Å²) in [6, 6.07) is 13.3. The van der Waals surface area contributed by atoms with Gasteiger partial charge in [-0.1, -0.05) is 12.1 Å². The third-order valence-electron chi connectivity index (χ3n) is 3.15. The molecular formula is C19H17NO4. The fraction of sp³-hybridized carbons (Fsp3) is 0.158. The van der Waals surface area contributed by atoms with Gasteiger partial charge in [-0.25, -0.2) is 0 Å². The molecule has 0 spiro atoms. The van der Waals surface area contributed by atoms with Gasteiger partial charge < -0.3 is 14.6 Å². The average Bonchev–Trinajstić information content (AvgIpc) is 2.61. The van der Waals surface area contributed by atoms with E-state index in [0.717, 1.165) is 5.56 Å². The number of phenolic OH excluding ortho intramolecular Hbond substituents is 1. The topological polar surface area (TPSA) is 79.5 Å². The lowest BCUT2D eigenvalue weighted by atomic mass is 10.1. The normalized spacial score (nSPS) is 10.3. The fourth-order valence-electron chi connectivity index (χ4n) is 2.00. The van der Waals surface area contributed by atoms with Crippen LogP contribution in [0.4, 0.5) is 0 Å². The SMILES string of the molecule is CCOc1cc(/C=C/C(=O)c2ccc(OCC#N)cc2)ccc1O. The maximum Gasteiger partial charge on any atom is 0.185 e. The molecule has 0 radical (unpaired) electrons. The minimum atomic E-state index is -0.159. The number of carbonyl (C=O) groups is 1. The highest BCUT2D eigenvalue weighted by atomic mass is 16.5. The van der Waals surface area contributed by atoms with E-state index in [-0.39, 0.29) is 18.1 Å². The van der Waals surface area contributed by atoms with Crippen molar-refractivity contribution in [3.8, 4) is 23.3 Å². The Labute approximate surface area is 140 Å². The Morgan fingerprint density at radius 3 is 2.62 bits per heavy atom. The van der Waals surface area contributed by atoms with Crippen molar-refractivity contribution in [1.29, 1.82) is 5.26 Å². The van der Waals surface area contributed by atoms with E-state index in [1.165, 1.54) is 12.1 Å². The molecule has 122 valence electrons. The molecule has 24 heavy (non-hydrogen) atoms. The Morgan fingerprint density at radius 1 is 1.21 bits per heavy atom. The standard InChI is InChI=1S/C19H17NO4/c1-2-23-19-13-14(4-10-18(19)22)3-9-17(21)15-5-7-16(8-6-15)24-12-11-20/h3-10,13,22H,2,12H2,1H3/b9-3+. The third kappa shape index (κ3) is 4.62. The molecule has 0 aliphatic carbocycles. The molecule has 5 heteroatoms. The van der Waals surface area contributed by atoms with Crippen molar-refractivity contribution in [1.82, 2.24) is 0 Å². The molecule has 0 aromatic heterocycles. The molecule has 0 atom stereocenters. The van der Waals surface area contributed by atoms with Gasteiger partial charge in [0.2, 0.25) is 0 Å². The van der Waals surface area contributed by atoms with E-state index >= 15 is 0 Å². The van der Waals surface area contributed by atoms with Gasteiger partial charge in [0.25, 0.3) is 0 Å². The van der Waals surface area contributed by atoms with Crippen molar-refractivity contribution < 1.29 is 19.4 Å². The summed E-state index contributed by atoms with van der Waals surface area (Å²) in [5, 5.41) is 18.1. The first-order chi connectivity index (χ1) is 11.6. The number of allylic oxidation sites excluding steroid dienone is 1. The van der Waals surface area contributed by atoms with Crippen LogP contribution in [0.2, 0.25) is 0 Å². The van der Waals surface area contributed by atoms with Gasteiger partial charge in [-0.3, -0.25) is 4.79 Å². The summed E-state index contributed by atoms with van der Waals surface area (Å²) in [4.78, 5) is 12.2. The van der Waals surface area contributed by atoms with E-state index in [4.69, 9.17) is 14.7 Å². The molecule has 2 rings (SSSR count). The van der Waals surface area contributed by atoms with Crippen molar-refractivity contribution in [2.24, 2.45) is 0 Å². The molecule has 0 unspecified atom stereocenters. The molecule has 0 aliphatic heterocycles. The van der Waals surface area contributed by atoms with Crippen molar-refractivity contribution in [2.75, 3.05) is 13.2 Å². The molecule has 0 saturated heterocycles. The zero-order valence-electron chi connectivity index (χ0n) is 13.2. The number of hydrogen-bond donors (Lipinski definition) is 1. The Balaban J connectivity index is 2.07. The molecule has 0 bridgehead atoms. The van der Waals surface area contributed by atoms with Gasteiger partial charge in [0.05, 0.1) is 6.61 Å². The van der Waals surface area contributed by atoms with E-state index in [1.54, 1.807) is 42.5 Å². The molecule has 0 fully saturated rings.